The number of carbonyl (C=O) groups is 1. The SMILES string of the molecule is C=C1C(=O)O[C@@H]2/C=C(/C)[C@H](O)CC/C(C)=C/[C@H](O)[C@H]12. The Morgan fingerprint density at radius 3 is 2.68 bits per heavy atom. The Labute approximate surface area is 113 Å². The van der Waals surface area contributed by atoms with Crippen LogP contribution in [-0.4, -0.2) is 34.5 Å². The number of aliphatic hydroxyl groups is 2. The van der Waals surface area contributed by atoms with Gasteiger partial charge in [-0.1, -0.05) is 18.2 Å². The van der Waals surface area contributed by atoms with Crippen LogP contribution in [0.2, 0.25) is 0 Å². The standard InChI is InChI=1S/C15H20O4/c1-8-4-5-11(16)9(2)7-13-14(12(17)6-8)10(3)15(18)19-13/h6-7,11-14,16-17H,3-5H2,1-2H3/b8-6+,9-7-/t11-,12+,13-,14+/m1/s1. The van der Waals surface area contributed by atoms with Gasteiger partial charge in [0.25, 0.3) is 0 Å². The minimum atomic E-state index is -0.789. The number of allylic oxidation sites excluding steroid dienone is 1. The van der Waals surface area contributed by atoms with Crippen LogP contribution in [0.15, 0.2) is 35.5 Å². The van der Waals surface area contributed by atoms with E-state index in [1.807, 2.05) is 13.8 Å². The molecule has 0 unspecified atom stereocenters. The smallest absolute Gasteiger partial charge is 0.334 e. The molecule has 2 N–H and O–H groups in total. The van der Waals surface area contributed by atoms with Crippen molar-refractivity contribution in [3.8, 4) is 0 Å². The van der Waals surface area contributed by atoms with Crippen molar-refractivity contribution in [2.24, 2.45) is 5.92 Å². The summed E-state index contributed by atoms with van der Waals surface area (Å²) in [7, 11) is 0. The van der Waals surface area contributed by atoms with Gasteiger partial charge in [0.2, 0.25) is 0 Å². The van der Waals surface area contributed by atoms with E-state index in [2.05, 4.69) is 6.58 Å². The summed E-state index contributed by atoms with van der Waals surface area (Å²) < 4.78 is 5.22. The third kappa shape index (κ3) is 2.80. The Bertz CT molecular complexity index is 461. The Hall–Kier alpha value is -1.39. The molecule has 104 valence electrons. The predicted octanol–water partition coefficient (Wildman–Crippen LogP) is 1.49. The zero-order valence-corrected chi connectivity index (χ0v) is 11.3. The van der Waals surface area contributed by atoms with Crippen LogP contribution >= 0.6 is 0 Å². The Morgan fingerprint density at radius 1 is 1.32 bits per heavy atom. The van der Waals surface area contributed by atoms with E-state index in [9.17, 15) is 15.0 Å². The van der Waals surface area contributed by atoms with Crippen molar-refractivity contribution in [1.29, 1.82) is 0 Å². The molecule has 19 heavy (non-hydrogen) atoms. The third-order valence-corrected chi connectivity index (χ3v) is 3.85. The van der Waals surface area contributed by atoms with E-state index in [4.69, 9.17) is 4.74 Å². The quantitative estimate of drug-likeness (QED) is 0.395. The maximum absolute atomic E-state index is 11.6. The zero-order chi connectivity index (χ0) is 14.2. The van der Waals surface area contributed by atoms with Crippen LogP contribution in [0.1, 0.15) is 26.7 Å². The van der Waals surface area contributed by atoms with Crippen LogP contribution in [0.3, 0.4) is 0 Å². The summed E-state index contributed by atoms with van der Waals surface area (Å²) in [5, 5.41) is 20.3. The molecule has 0 aromatic carbocycles. The summed E-state index contributed by atoms with van der Waals surface area (Å²) >= 11 is 0. The number of esters is 1. The maximum atomic E-state index is 11.6. The van der Waals surface area contributed by atoms with Gasteiger partial charge in [0, 0.05) is 5.57 Å². The molecule has 0 aromatic heterocycles. The van der Waals surface area contributed by atoms with Gasteiger partial charge in [-0.05, 0) is 38.3 Å². The average Bonchev–Trinajstić information content (AvgIpc) is 2.60. The molecule has 0 radical (unpaired) electrons. The molecular weight excluding hydrogens is 244 g/mol. The minimum Gasteiger partial charge on any atom is -0.454 e. The van der Waals surface area contributed by atoms with Crippen molar-refractivity contribution < 1.29 is 19.7 Å². The number of aliphatic hydroxyl groups excluding tert-OH is 2. The van der Waals surface area contributed by atoms with E-state index in [1.54, 1.807) is 12.2 Å². The first kappa shape index (κ1) is 14.0. The molecule has 1 aliphatic heterocycles. The minimum absolute atomic E-state index is 0.292. The van der Waals surface area contributed by atoms with Gasteiger partial charge < -0.3 is 14.9 Å². The molecule has 1 heterocycles. The molecule has 0 amide bonds. The molecule has 4 nitrogen and oxygen atoms in total. The van der Waals surface area contributed by atoms with E-state index >= 15 is 0 Å². The molecule has 4 atom stereocenters. The van der Waals surface area contributed by atoms with Crippen molar-refractivity contribution in [2.75, 3.05) is 0 Å². The molecule has 0 bridgehead atoms. The summed E-state index contributed by atoms with van der Waals surface area (Å²) in [5.74, 6) is -0.944. The Balaban J connectivity index is 2.39. The summed E-state index contributed by atoms with van der Waals surface area (Å²) in [4.78, 5) is 11.6. The first-order valence-corrected chi connectivity index (χ1v) is 6.51. The van der Waals surface area contributed by atoms with Crippen LogP contribution in [0.4, 0.5) is 0 Å². The lowest BCUT2D eigenvalue weighted by Gasteiger charge is -2.22. The van der Waals surface area contributed by atoms with Crippen molar-refractivity contribution in [3.63, 3.8) is 0 Å². The highest BCUT2D eigenvalue weighted by atomic mass is 16.6. The summed E-state index contributed by atoms with van der Waals surface area (Å²) in [6.07, 6.45) is 2.88. The fourth-order valence-electron chi connectivity index (χ4n) is 2.59. The van der Waals surface area contributed by atoms with E-state index in [1.165, 1.54) is 0 Å². The number of hydrogen-bond acceptors (Lipinski definition) is 4. The topological polar surface area (TPSA) is 66.8 Å². The number of hydrogen-bond donors (Lipinski definition) is 2. The first-order chi connectivity index (χ1) is 8.90. The second-order valence-electron chi connectivity index (χ2n) is 5.39. The summed E-state index contributed by atoms with van der Waals surface area (Å²) in [6.45, 7) is 7.43. The second-order valence-corrected chi connectivity index (χ2v) is 5.39. The molecule has 4 heteroatoms. The molecule has 0 spiro atoms. The average molecular weight is 264 g/mol. The largest absolute Gasteiger partial charge is 0.454 e. The van der Waals surface area contributed by atoms with Gasteiger partial charge in [0.1, 0.15) is 6.10 Å². The fraction of sp³-hybridized carbons (Fsp3) is 0.533. The van der Waals surface area contributed by atoms with E-state index in [-0.39, 0.29) is 0 Å². The molecule has 0 saturated carbocycles. The predicted molar refractivity (Wildman–Crippen MR) is 71.3 cm³/mol. The van der Waals surface area contributed by atoms with Crippen molar-refractivity contribution in [2.45, 2.75) is 45.0 Å². The van der Waals surface area contributed by atoms with Crippen LogP contribution < -0.4 is 0 Å². The lowest BCUT2D eigenvalue weighted by molar-refractivity contribution is -0.137. The third-order valence-electron chi connectivity index (χ3n) is 3.85. The first-order valence-electron chi connectivity index (χ1n) is 6.51. The molecule has 1 aliphatic carbocycles. The summed E-state index contributed by atoms with van der Waals surface area (Å²) in [5.41, 5.74) is 2.05. The molecule has 1 saturated heterocycles. The van der Waals surface area contributed by atoms with Gasteiger partial charge in [0.15, 0.2) is 0 Å². The second kappa shape index (κ2) is 5.31. The molecule has 0 aromatic rings. The van der Waals surface area contributed by atoms with Gasteiger partial charge >= 0.3 is 5.97 Å². The monoisotopic (exact) mass is 264 g/mol. The van der Waals surface area contributed by atoms with Crippen LogP contribution in [0, 0.1) is 5.92 Å². The summed E-state index contributed by atoms with van der Waals surface area (Å²) in [6, 6.07) is 0. The van der Waals surface area contributed by atoms with Gasteiger partial charge in [0.05, 0.1) is 18.1 Å². The fourth-order valence-corrected chi connectivity index (χ4v) is 2.59. The number of fused-ring (bicyclic) bond motifs is 1. The lowest BCUT2D eigenvalue weighted by atomic mass is 9.86. The van der Waals surface area contributed by atoms with E-state index < -0.39 is 30.2 Å². The van der Waals surface area contributed by atoms with Gasteiger partial charge in [-0.25, -0.2) is 4.79 Å². The Kier molecular flexibility index (Phi) is 3.92. The molecule has 2 rings (SSSR count). The van der Waals surface area contributed by atoms with Crippen LogP contribution in [0.25, 0.3) is 0 Å². The molecule has 1 fully saturated rings. The molecule has 2 aliphatic rings. The van der Waals surface area contributed by atoms with Crippen molar-refractivity contribution >= 4 is 5.97 Å². The van der Waals surface area contributed by atoms with Crippen molar-refractivity contribution in [3.05, 3.63) is 35.5 Å². The number of rotatable bonds is 0. The lowest BCUT2D eigenvalue weighted by Crippen LogP contribution is -2.28. The highest BCUT2D eigenvalue weighted by Gasteiger charge is 2.41. The van der Waals surface area contributed by atoms with Gasteiger partial charge in [-0.3, -0.25) is 0 Å². The van der Waals surface area contributed by atoms with Gasteiger partial charge in [-0.15, -0.1) is 0 Å². The zero-order valence-electron chi connectivity index (χ0n) is 11.3. The van der Waals surface area contributed by atoms with Gasteiger partial charge in [-0.2, -0.15) is 0 Å². The highest BCUT2D eigenvalue weighted by molar-refractivity contribution is 5.91. The number of carbonyl (C=O) groups excluding carboxylic acids is 1. The van der Waals surface area contributed by atoms with E-state index in [0.29, 0.717) is 18.4 Å². The maximum Gasteiger partial charge on any atom is 0.334 e. The number of ether oxygens (including phenoxy) is 1. The van der Waals surface area contributed by atoms with Crippen LogP contribution in [0.5, 0.6) is 0 Å². The van der Waals surface area contributed by atoms with E-state index in [0.717, 1.165) is 11.1 Å². The molecular formula is C15H20O4. The van der Waals surface area contributed by atoms with Crippen LogP contribution in [-0.2, 0) is 9.53 Å². The van der Waals surface area contributed by atoms with Crippen molar-refractivity contribution in [1.82, 2.24) is 0 Å². The normalized spacial score (nSPS) is 41.7. The Morgan fingerprint density at radius 2 is 2.00 bits per heavy atom. The highest BCUT2D eigenvalue weighted by Crippen LogP contribution is 2.33.